The van der Waals surface area contributed by atoms with Crippen molar-refractivity contribution in [3.05, 3.63) is 53.0 Å². The van der Waals surface area contributed by atoms with Gasteiger partial charge in [0.2, 0.25) is 5.95 Å². The van der Waals surface area contributed by atoms with Crippen LogP contribution >= 0.6 is 0 Å². The number of carbonyl (C=O) groups is 1. The van der Waals surface area contributed by atoms with Gasteiger partial charge in [0.1, 0.15) is 12.4 Å². The third-order valence-electron chi connectivity index (χ3n) is 3.75. The summed E-state index contributed by atoms with van der Waals surface area (Å²) in [6.45, 7) is 7.57. The van der Waals surface area contributed by atoms with E-state index < -0.39 is 0 Å². The number of hydrogen-bond acceptors (Lipinski definition) is 5. The van der Waals surface area contributed by atoms with Crippen molar-refractivity contribution in [1.82, 2.24) is 14.8 Å². The zero-order valence-electron chi connectivity index (χ0n) is 13.7. The normalized spacial score (nSPS) is 17.0. The van der Waals surface area contributed by atoms with Crippen LogP contribution in [0.15, 0.2) is 41.9 Å². The summed E-state index contributed by atoms with van der Waals surface area (Å²) in [5.41, 5.74) is 3.43. The number of rotatable bonds is 3. The Hall–Kier alpha value is -2.63. The van der Waals surface area contributed by atoms with Crippen LogP contribution in [0, 0.1) is 6.92 Å². The quantitative estimate of drug-likeness (QED) is 0.883. The number of aryl methyl sites for hydroxylation is 1. The molecule has 0 fully saturated rings. The molecule has 0 amide bonds. The Balaban J connectivity index is 2.10. The number of carbonyl (C=O) groups excluding carboxylic acids is 1. The Morgan fingerprint density at radius 1 is 1.26 bits per heavy atom. The molecule has 2 aromatic rings. The summed E-state index contributed by atoms with van der Waals surface area (Å²) in [7, 11) is 0. The molecule has 1 N–H and O–H groups in total. The van der Waals surface area contributed by atoms with E-state index in [2.05, 4.69) is 15.4 Å². The van der Waals surface area contributed by atoms with E-state index >= 15 is 0 Å². The van der Waals surface area contributed by atoms with Crippen LogP contribution < -0.4 is 5.32 Å². The number of nitrogens with one attached hydrogen (secondary N) is 1. The van der Waals surface area contributed by atoms with Crippen molar-refractivity contribution in [2.24, 2.45) is 0 Å². The van der Waals surface area contributed by atoms with Gasteiger partial charge in [-0.05, 0) is 33.3 Å². The van der Waals surface area contributed by atoms with Crippen LogP contribution in [0.25, 0.3) is 0 Å². The highest BCUT2D eigenvalue weighted by molar-refractivity contribution is 5.92. The lowest BCUT2D eigenvalue weighted by molar-refractivity contribution is -0.143. The van der Waals surface area contributed by atoms with Gasteiger partial charge in [0.05, 0.1) is 11.7 Å². The van der Waals surface area contributed by atoms with Gasteiger partial charge in [0.25, 0.3) is 0 Å². The summed E-state index contributed by atoms with van der Waals surface area (Å²) in [4.78, 5) is 16.8. The monoisotopic (exact) mass is 312 g/mol. The van der Waals surface area contributed by atoms with Crippen molar-refractivity contribution in [2.45, 2.75) is 39.8 Å². The molecule has 0 spiro atoms. The Labute approximate surface area is 135 Å². The molecule has 6 nitrogen and oxygen atoms in total. The van der Waals surface area contributed by atoms with Crippen molar-refractivity contribution in [2.75, 3.05) is 5.32 Å². The Bertz CT molecular complexity index is 759. The largest absolute Gasteiger partial charge is 0.459 e. The van der Waals surface area contributed by atoms with Gasteiger partial charge in [-0.25, -0.2) is 9.48 Å². The van der Waals surface area contributed by atoms with Gasteiger partial charge in [-0.15, -0.1) is 0 Å². The SMILES string of the molecule is CC1=C(C(=O)OC(C)C)[C@@H](c2ccc(C)cc2)n2ncnc2N1. The van der Waals surface area contributed by atoms with E-state index in [9.17, 15) is 4.79 Å². The zero-order valence-corrected chi connectivity index (χ0v) is 13.7. The first-order valence-corrected chi connectivity index (χ1v) is 7.62. The molecule has 2 heterocycles. The molecule has 1 aromatic heterocycles. The molecule has 0 aliphatic carbocycles. The smallest absolute Gasteiger partial charge is 0.338 e. The molecular formula is C17H20N4O2. The number of hydrogen-bond donors (Lipinski definition) is 1. The summed E-state index contributed by atoms with van der Waals surface area (Å²) in [5.74, 6) is 0.283. The second-order valence-corrected chi connectivity index (χ2v) is 5.96. The minimum absolute atomic E-state index is 0.182. The molecule has 0 saturated heterocycles. The lowest BCUT2D eigenvalue weighted by Gasteiger charge is -2.28. The lowest BCUT2D eigenvalue weighted by atomic mass is 9.95. The van der Waals surface area contributed by atoms with Gasteiger partial charge in [-0.2, -0.15) is 10.1 Å². The standard InChI is InChI=1S/C17H20N4O2/c1-10(2)23-16(22)14-12(4)20-17-18-9-19-21(17)15(14)13-7-5-11(3)6-8-13/h5-10,15H,1-4H3,(H,18,19,20)/t15-/m1/s1. The Morgan fingerprint density at radius 3 is 2.61 bits per heavy atom. The second kappa shape index (κ2) is 5.87. The minimum atomic E-state index is -0.347. The van der Waals surface area contributed by atoms with Gasteiger partial charge >= 0.3 is 5.97 Å². The van der Waals surface area contributed by atoms with E-state index in [0.29, 0.717) is 11.5 Å². The van der Waals surface area contributed by atoms with Crippen molar-refractivity contribution in [3.63, 3.8) is 0 Å². The number of benzene rings is 1. The highest BCUT2D eigenvalue weighted by Crippen LogP contribution is 2.35. The molecule has 23 heavy (non-hydrogen) atoms. The van der Waals surface area contributed by atoms with E-state index in [1.165, 1.54) is 6.33 Å². The van der Waals surface area contributed by atoms with Gasteiger partial charge in [-0.1, -0.05) is 29.8 Å². The first kappa shape index (κ1) is 15.3. The molecule has 6 heteroatoms. The predicted octanol–water partition coefficient (Wildman–Crippen LogP) is 2.83. The van der Waals surface area contributed by atoms with E-state index in [1.807, 2.05) is 52.0 Å². The number of allylic oxidation sites excluding steroid dienone is 1. The average Bonchev–Trinajstić information content (AvgIpc) is 2.93. The number of fused-ring (bicyclic) bond motifs is 1. The van der Waals surface area contributed by atoms with Gasteiger partial charge in [-0.3, -0.25) is 0 Å². The molecule has 3 rings (SSSR count). The Morgan fingerprint density at radius 2 is 1.96 bits per heavy atom. The molecule has 0 saturated carbocycles. The third-order valence-corrected chi connectivity index (χ3v) is 3.75. The molecular weight excluding hydrogens is 292 g/mol. The van der Waals surface area contributed by atoms with Crippen molar-refractivity contribution >= 4 is 11.9 Å². The lowest BCUT2D eigenvalue weighted by Crippen LogP contribution is -2.30. The maximum absolute atomic E-state index is 12.6. The number of aromatic nitrogens is 3. The highest BCUT2D eigenvalue weighted by atomic mass is 16.5. The topological polar surface area (TPSA) is 69.0 Å². The molecule has 1 aliphatic rings. The summed E-state index contributed by atoms with van der Waals surface area (Å²) < 4.78 is 7.15. The molecule has 1 aliphatic heterocycles. The fourth-order valence-electron chi connectivity index (χ4n) is 2.69. The third kappa shape index (κ3) is 2.84. The number of anilines is 1. The maximum Gasteiger partial charge on any atom is 0.338 e. The molecule has 0 radical (unpaired) electrons. The summed E-state index contributed by atoms with van der Waals surface area (Å²) in [6.07, 6.45) is 1.30. The number of ether oxygens (including phenoxy) is 1. The Kier molecular flexibility index (Phi) is 3.90. The maximum atomic E-state index is 12.6. The van der Waals surface area contributed by atoms with Crippen LogP contribution in [0.4, 0.5) is 5.95 Å². The first-order chi connectivity index (χ1) is 11.0. The summed E-state index contributed by atoms with van der Waals surface area (Å²) >= 11 is 0. The van der Waals surface area contributed by atoms with Crippen LogP contribution in [-0.4, -0.2) is 26.8 Å². The minimum Gasteiger partial charge on any atom is -0.459 e. The van der Waals surface area contributed by atoms with Crippen LogP contribution in [0.1, 0.15) is 37.9 Å². The number of nitrogens with zero attached hydrogens (tertiary/aromatic N) is 3. The zero-order chi connectivity index (χ0) is 16.6. The first-order valence-electron chi connectivity index (χ1n) is 7.62. The molecule has 1 atom stereocenters. The van der Waals surface area contributed by atoms with Gasteiger partial charge < -0.3 is 10.1 Å². The molecule has 0 bridgehead atoms. The van der Waals surface area contributed by atoms with Crippen molar-refractivity contribution in [3.8, 4) is 0 Å². The van der Waals surface area contributed by atoms with E-state index in [0.717, 1.165) is 16.8 Å². The molecule has 0 unspecified atom stereocenters. The van der Waals surface area contributed by atoms with Crippen molar-refractivity contribution in [1.29, 1.82) is 0 Å². The van der Waals surface area contributed by atoms with Crippen LogP contribution in [0.3, 0.4) is 0 Å². The van der Waals surface area contributed by atoms with Crippen LogP contribution in [0.5, 0.6) is 0 Å². The van der Waals surface area contributed by atoms with Crippen molar-refractivity contribution < 1.29 is 9.53 Å². The summed E-state index contributed by atoms with van der Waals surface area (Å²) in [5, 5.41) is 7.41. The van der Waals surface area contributed by atoms with E-state index in [1.54, 1.807) is 4.68 Å². The molecule has 1 aromatic carbocycles. The van der Waals surface area contributed by atoms with Crippen LogP contribution in [0.2, 0.25) is 0 Å². The fourth-order valence-corrected chi connectivity index (χ4v) is 2.69. The fraction of sp³-hybridized carbons (Fsp3) is 0.353. The average molecular weight is 312 g/mol. The number of esters is 1. The summed E-state index contributed by atoms with van der Waals surface area (Å²) in [6, 6.07) is 7.71. The van der Waals surface area contributed by atoms with E-state index in [4.69, 9.17) is 4.74 Å². The molecule has 120 valence electrons. The predicted molar refractivity (Wildman–Crippen MR) is 86.9 cm³/mol. The second-order valence-electron chi connectivity index (χ2n) is 5.96. The van der Waals surface area contributed by atoms with Gasteiger partial charge in [0.15, 0.2) is 0 Å². The van der Waals surface area contributed by atoms with E-state index in [-0.39, 0.29) is 18.1 Å². The van der Waals surface area contributed by atoms with Crippen LogP contribution in [-0.2, 0) is 9.53 Å². The highest BCUT2D eigenvalue weighted by Gasteiger charge is 2.34. The van der Waals surface area contributed by atoms with Gasteiger partial charge in [0, 0.05) is 5.70 Å².